The summed E-state index contributed by atoms with van der Waals surface area (Å²) in [4.78, 5) is 33.7. The summed E-state index contributed by atoms with van der Waals surface area (Å²) in [7, 11) is 0. The van der Waals surface area contributed by atoms with Crippen molar-refractivity contribution >= 4 is 63.9 Å². The van der Waals surface area contributed by atoms with Crippen LogP contribution in [0.4, 0.5) is 16.2 Å². The van der Waals surface area contributed by atoms with E-state index in [1.165, 1.54) is 30.6 Å². The third kappa shape index (κ3) is 5.04. The summed E-state index contributed by atoms with van der Waals surface area (Å²) in [6.45, 7) is 7.49. The molecule has 2 N–H and O–H groups in total. The molecule has 1 saturated carbocycles. The van der Waals surface area contributed by atoms with Gasteiger partial charge in [-0.25, -0.2) is 22.3 Å². The van der Waals surface area contributed by atoms with E-state index in [2.05, 4.69) is 34.7 Å². The average molecular weight is 479 g/mol. The van der Waals surface area contributed by atoms with E-state index >= 15 is 0 Å². The molecule has 1 aliphatic carbocycles. The number of nitrogens with one attached hydrogen (secondary N) is 2. The van der Waals surface area contributed by atoms with Crippen molar-refractivity contribution in [3.63, 3.8) is 0 Å². The summed E-state index contributed by atoms with van der Waals surface area (Å²) in [6, 6.07) is 1.64. The molecule has 1 fully saturated rings. The van der Waals surface area contributed by atoms with Crippen LogP contribution in [0.2, 0.25) is 0 Å². The molecule has 0 saturated heterocycles. The van der Waals surface area contributed by atoms with E-state index in [0.717, 1.165) is 36.5 Å². The van der Waals surface area contributed by atoms with Gasteiger partial charge in [-0.05, 0) is 31.1 Å². The van der Waals surface area contributed by atoms with Crippen LogP contribution in [-0.4, -0.2) is 29.5 Å². The van der Waals surface area contributed by atoms with E-state index in [1.54, 1.807) is 29.8 Å². The zero-order valence-corrected chi connectivity index (χ0v) is 20.5. The van der Waals surface area contributed by atoms with Crippen molar-refractivity contribution in [1.82, 2.24) is 10.3 Å². The van der Waals surface area contributed by atoms with Crippen molar-refractivity contribution in [1.29, 1.82) is 0 Å². The lowest BCUT2D eigenvalue weighted by molar-refractivity contribution is 0.0935. The fourth-order valence-corrected chi connectivity index (χ4v) is 5.45. The molecule has 1 aliphatic heterocycles. The fourth-order valence-electron chi connectivity index (χ4n) is 4.35. The second-order valence-corrected chi connectivity index (χ2v) is 9.69. The van der Waals surface area contributed by atoms with E-state index in [9.17, 15) is 9.59 Å². The number of hydrogen-bond acceptors (Lipinski definition) is 5. The van der Waals surface area contributed by atoms with Crippen LogP contribution in [0.1, 0.15) is 61.5 Å². The minimum absolute atomic E-state index is 0.138. The molecule has 3 heterocycles. The van der Waals surface area contributed by atoms with Crippen LogP contribution in [0.25, 0.3) is 10.2 Å². The van der Waals surface area contributed by atoms with Crippen LogP contribution in [0, 0.1) is 0 Å². The molecule has 6 nitrogen and oxygen atoms in total. The first-order valence-electron chi connectivity index (χ1n) is 11.4. The molecule has 0 unspecified atom stereocenters. The van der Waals surface area contributed by atoms with Gasteiger partial charge in [0, 0.05) is 12.2 Å². The van der Waals surface area contributed by atoms with Crippen LogP contribution in [0.15, 0.2) is 48.2 Å². The highest BCUT2D eigenvalue weighted by Crippen LogP contribution is 2.44. The maximum absolute atomic E-state index is 13.2. The topological polar surface area (TPSA) is 74.3 Å². The number of hydrogen-bond donors (Lipinski definition) is 3. The summed E-state index contributed by atoms with van der Waals surface area (Å²) >= 11 is 5.48. The number of urea groups is 1. The normalized spacial score (nSPS) is 17.9. The van der Waals surface area contributed by atoms with Crippen molar-refractivity contribution < 1.29 is 9.59 Å². The zero-order valence-electron chi connectivity index (χ0n) is 18.8. The smallest absolute Gasteiger partial charge is 0.331 e. The number of rotatable bonds is 6. The molecule has 171 valence electrons. The van der Waals surface area contributed by atoms with Gasteiger partial charge in [-0.3, -0.25) is 9.69 Å². The molecular weight excluding hydrogens is 451 g/mol. The first-order chi connectivity index (χ1) is 16.0. The fraction of sp³-hybridized carbons (Fsp3) is 0.375. The van der Waals surface area contributed by atoms with E-state index in [4.69, 9.17) is 0 Å². The molecule has 0 aromatic carbocycles. The molecule has 2 aromatic heterocycles. The van der Waals surface area contributed by atoms with Gasteiger partial charge in [0.25, 0.3) is 5.91 Å². The molecular formula is C24H28BN4O2S2. The third-order valence-electron chi connectivity index (χ3n) is 6.08. The number of nitrogens with zero attached hydrogens (tertiary/aromatic N) is 2. The maximum Gasteiger partial charge on any atom is 0.331 e. The summed E-state index contributed by atoms with van der Waals surface area (Å²) in [5.41, 5.74) is 2.79. The Bertz CT molecular complexity index is 1130. The van der Waals surface area contributed by atoms with Gasteiger partial charge in [0.05, 0.1) is 22.5 Å². The number of allylic oxidation sites excluding steroid dienone is 4. The van der Waals surface area contributed by atoms with Crippen molar-refractivity contribution in [2.24, 2.45) is 0 Å². The lowest BCUT2D eigenvalue weighted by atomic mass is 9.95. The second-order valence-electron chi connectivity index (χ2n) is 8.43. The highest BCUT2D eigenvalue weighted by atomic mass is 32.1. The lowest BCUT2D eigenvalue weighted by Crippen LogP contribution is -2.38. The van der Waals surface area contributed by atoms with Gasteiger partial charge in [-0.15, -0.1) is 11.3 Å². The van der Waals surface area contributed by atoms with Gasteiger partial charge >= 0.3 is 6.03 Å². The Morgan fingerprint density at radius 2 is 2.03 bits per heavy atom. The van der Waals surface area contributed by atoms with Crippen LogP contribution in [-0.2, 0) is 0 Å². The van der Waals surface area contributed by atoms with Gasteiger partial charge in [-0.1, -0.05) is 57.2 Å². The number of thiol groups is 1. The molecule has 2 aromatic rings. The second kappa shape index (κ2) is 10.6. The highest BCUT2D eigenvalue weighted by Gasteiger charge is 2.33. The van der Waals surface area contributed by atoms with Gasteiger partial charge < -0.3 is 10.6 Å². The Balaban J connectivity index is 1.69. The maximum atomic E-state index is 13.2. The SMILES string of the molecule is C=C/C(=C\C=C(/C)[B]S)N1C(=O)Nc2c(C(=O)NC3CCCCCCC3)sc3nccc1c23. The van der Waals surface area contributed by atoms with Crippen LogP contribution >= 0.6 is 23.8 Å². The summed E-state index contributed by atoms with van der Waals surface area (Å²) in [5.74, 6) is -0.138. The number of carbonyl (C=O) groups excluding carboxylic acids is 2. The molecule has 4 rings (SSSR count). The molecule has 33 heavy (non-hydrogen) atoms. The number of aromatic nitrogens is 1. The summed E-state index contributed by atoms with van der Waals surface area (Å²) in [5, 5.41) is 6.94. The largest absolute Gasteiger partial charge is 0.349 e. The molecule has 0 bridgehead atoms. The average Bonchev–Trinajstić information content (AvgIpc) is 3.16. The minimum atomic E-state index is -0.333. The lowest BCUT2D eigenvalue weighted by Gasteiger charge is -2.29. The standard InChI is InChI=1S/C24H28BN4O2S2/c1-3-17(12-11-15(2)25-32)29-18-13-14-26-23-19(18)20(28-24(29)31)21(33-23)22(30)27-16-9-7-5-4-6-8-10-16/h3,11-14,16,32H,1,4-10H2,2H3,(H,27,30)(H,28,31)/b15-11+,17-12+. The Kier molecular flexibility index (Phi) is 7.60. The van der Waals surface area contributed by atoms with Crippen LogP contribution in [0.3, 0.4) is 0 Å². The molecule has 3 amide bonds. The minimum Gasteiger partial charge on any atom is -0.349 e. The molecule has 2 aliphatic rings. The van der Waals surface area contributed by atoms with Gasteiger partial charge in [0.2, 0.25) is 6.56 Å². The van der Waals surface area contributed by atoms with Gasteiger partial charge in [-0.2, -0.15) is 0 Å². The Morgan fingerprint density at radius 1 is 1.30 bits per heavy atom. The third-order valence-corrected chi connectivity index (χ3v) is 7.58. The zero-order chi connectivity index (χ0) is 23.4. The number of thiophene rings is 1. The molecule has 1 radical (unpaired) electrons. The Morgan fingerprint density at radius 3 is 2.73 bits per heavy atom. The predicted octanol–water partition coefficient (Wildman–Crippen LogP) is 6.01. The van der Waals surface area contributed by atoms with E-state index < -0.39 is 0 Å². The highest BCUT2D eigenvalue weighted by molar-refractivity contribution is 8.07. The molecule has 9 heteroatoms. The van der Waals surface area contributed by atoms with E-state index in [-0.39, 0.29) is 18.0 Å². The summed E-state index contributed by atoms with van der Waals surface area (Å²) < 4.78 is 0. The van der Waals surface area contributed by atoms with Crippen LogP contribution < -0.4 is 15.5 Å². The monoisotopic (exact) mass is 479 g/mol. The van der Waals surface area contributed by atoms with Gasteiger partial charge in [0.1, 0.15) is 9.71 Å². The molecule has 0 atom stereocenters. The van der Waals surface area contributed by atoms with Crippen LogP contribution in [0.5, 0.6) is 0 Å². The first-order valence-corrected chi connectivity index (χ1v) is 12.7. The Hall–Kier alpha value is -2.52. The van der Waals surface area contributed by atoms with Crippen molar-refractivity contribution in [3.05, 3.63) is 53.1 Å². The van der Waals surface area contributed by atoms with E-state index in [0.29, 0.717) is 26.8 Å². The number of anilines is 2. The van der Waals surface area contributed by atoms with E-state index in [1.807, 2.05) is 19.1 Å². The van der Waals surface area contributed by atoms with Gasteiger partial charge in [0.15, 0.2) is 0 Å². The quantitative estimate of drug-likeness (QED) is 0.270. The summed E-state index contributed by atoms with van der Waals surface area (Å²) in [6.07, 6.45) is 15.0. The van der Waals surface area contributed by atoms with Crippen molar-refractivity contribution in [2.75, 3.05) is 10.2 Å². The van der Waals surface area contributed by atoms with Crippen molar-refractivity contribution in [2.45, 2.75) is 57.9 Å². The first kappa shape index (κ1) is 23.6. The van der Waals surface area contributed by atoms with Crippen molar-refractivity contribution in [3.8, 4) is 0 Å². The number of amides is 3. The molecule has 0 spiro atoms. The number of carbonyl (C=O) groups is 2. The Labute approximate surface area is 204 Å². The predicted molar refractivity (Wildman–Crippen MR) is 141 cm³/mol. The number of pyridine rings is 1.